The van der Waals surface area contributed by atoms with Crippen LogP contribution in [0.4, 0.5) is 5.69 Å². The number of rotatable bonds is 4. The van der Waals surface area contributed by atoms with Crippen LogP contribution in [0.1, 0.15) is 5.56 Å². The van der Waals surface area contributed by atoms with Crippen LogP contribution in [0.15, 0.2) is 70.0 Å². The SMILES string of the molecule is CS(=O)(=O)Nc1cccc(Cn2c3ccc(Cl)cc3c3c4cccnc4oc(=O)c32)c1. The van der Waals surface area contributed by atoms with Gasteiger partial charge in [-0.05, 0) is 48.0 Å². The maximum absolute atomic E-state index is 13.0. The molecule has 9 heteroatoms. The van der Waals surface area contributed by atoms with Crippen molar-refractivity contribution in [2.24, 2.45) is 0 Å². The summed E-state index contributed by atoms with van der Waals surface area (Å²) in [6.07, 6.45) is 2.67. The minimum absolute atomic E-state index is 0.262. The summed E-state index contributed by atoms with van der Waals surface area (Å²) in [6.45, 7) is 0.331. The lowest BCUT2D eigenvalue weighted by Crippen LogP contribution is -2.11. The number of hydrogen-bond donors (Lipinski definition) is 1. The molecule has 1 N–H and O–H groups in total. The van der Waals surface area contributed by atoms with Crippen LogP contribution >= 0.6 is 11.6 Å². The molecule has 3 aromatic heterocycles. The average molecular weight is 454 g/mol. The van der Waals surface area contributed by atoms with Gasteiger partial charge in [-0.2, -0.15) is 0 Å². The Morgan fingerprint density at radius 2 is 1.94 bits per heavy atom. The number of hydrogen-bond acceptors (Lipinski definition) is 5. The van der Waals surface area contributed by atoms with E-state index in [1.807, 2.05) is 28.8 Å². The third-order valence-electron chi connectivity index (χ3n) is 5.02. The second-order valence-corrected chi connectivity index (χ2v) is 9.48. The summed E-state index contributed by atoms with van der Waals surface area (Å²) < 4.78 is 33.0. The highest BCUT2D eigenvalue weighted by atomic mass is 35.5. The lowest BCUT2D eigenvalue weighted by Gasteiger charge is -2.10. The van der Waals surface area contributed by atoms with Gasteiger partial charge in [0.15, 0.2) is 0 Å². The summed E-state index contributed by atoms with van der Waals surface area (Å²) in [4.78, 5) is 17.1. The van der Waals surface area contributed by atoms with E-state index in [0.717, 1.165) is 33.5 Å². The van der Waals surface area contributed by atoms with E-state index >= 15 is 0 Å². The van der Waals surface area contributed by atoms with Crippen LogP contribution in [0, 0.1) is 0 Å². The summed E-state index contributed by atoms with van der Waals surface area (Å²) in [5.41, 5.74) is 2.24. The smallest absolute Gasteiger partial charge is 0.362 e. The van der Waals surface area contributed by atoms with Crippen LogP contribution in [-0.2, 0) is 16.6 Å². The van der Waals surface area contributed by atoms with Gasteiger partial charge in [0.25, 0.3) is 0 Å². The summed E-state index contributed by atoms with van der Waals surface area (Å²) >= 11 is 6.27. The van der Waals surface area contributed by atoms with Gasteiger partial charge < -0.3 is 8.98 Å². The minimum atomic E-state index is -3.40. The fourth-order valence-electron chi connectivity index (χ4n) is 3.90. The van der Waals surface area contributed by atoms with E-state index in [0.29, 0.717) is 22.8 Å². The van der Waals surface area contributed by atoms with Gasteiger partial charge in [-0.25, -0.2) is 18.2 Å². The molecule has 5 rings (SSSR count). The zero-order chi connectivity index (χ0) is 21.8. The van der Waals surface area contributed by atoms with E-state index in [-0.39, 0.29) is 5.71 Å². The van der Waals surface area contributed by atoms with Crippen LogP contribution in [0.25, 0.3) is 32.9 Å². The van der Waals surface area contributed by atoms with Gasteiger partial charge in [0.05, 0.1) is 6.26 Å². The minimum Gasteiger partial charge on any atom is -0.402 e. The topological polar surface area (TPSA) is 94.2 Å². The molecule has 0 aliphatic carbocycles. The predicted octanol–water partition coefficient (Wildman–Crippen LogP) is 4.37. The Balaban J connectivity index is 1.79. The molecule has 0 radical (unpaired) electrons. The first-order chi connectivity index (χ1) is 14.8. The maximum Gasteiger partial charge on any atom is 0.362 e. The van der Waals surface area contributed by atoms with Crippen molar-refractivity contribution >= 4 is 60.2 Å². The van der Waals surface area contributed by atoms with Crippen LogP contribution in [0.2, 0.25) is 5.02 Å². The maximum atomic E-state index is 13.0. The fraction of sp³-hybridized carbons (Fsp3) is 0.0909. The van der Waals surface area contributed by atoms with Crippen LogP contribution in [0.3, 0.4) is 0 Å². The normalized spacial score (nSPS) is 12.1. The third kappa shape index (κ3) is 3.54. The van der Waals surface area contributed by atoms with Gasteiger partial charge in [0.1, 0.15) is 5.52 Å². The molecule has 0 amide bonds. The zero-order valence-electron chi connectivity index (χ0n) is 16.3. The van der Waals surface area contributed by atoms with Crippen LogP contribution in [-0.4, -0.2) is 24.2 Å². The molecule has 0 atom stereocenters. The Morgan fingerprint density at radius 1 is 1.10 bits per heavy atom. The van der Waals surface area contributed by atoms with Gasteiger partial charge in [-0.3, -0.25) is 4.72 Å². The van der Waals surface area contributed by atoms with Crippen molar-refractivity contribution < 1.29 is 12.8 Å². The predicted molar refractivity (Wildman–Crippen MR) is 122 cm³/mol. The Hall–Kier alpha value is -3.36. The summed E-state index contributed by atoms with van der Waals surface area (Å²) in [5, 5.41) is 2.81. The number of nitrogens with one attached hydrogen (secondary N) is 1. The Bertz CT molecular complexity index is 1650. The van der Waals surface area contributed by atoms with Gasteiger partial charge in [0.2, 0.25) is 15.7 Å². The molecule has 3 heterocycles. The largest absolute Gasteiger partial charge is 0.402 e. The van der Waals surface area contributed by atoms with Crippen molar-refractivity contribution in [1.29, 1.82) is 0 Å². The number of aromatic nitrogens is 2. The second kappa shape index (κ2) is 7.11. The number of pyridine rings is 1. The highest BCUT2D eigenvalue weighted by molar-refractivity contribution is 7.92. The molecule has 0 fully saturated rings. The van der Waals surface area contributed by atoms with Gasteiger partial charge in [-0.15, -0.1) is 0 Å². The second-order valence-electron chi connectivity index (χ2n) is 7.29. The molecule has 2 aromatic carbocycles. The summed E-state index contributed by atoms with van der Waals surface area (Å²) in [6, 6.07) is 16.1. The number of benzene rings is 2. The van der Waals surface area contributed by atoms with Crippen LogP contribution < -0.4 is 10.3 Å². The van der Waals surface area contributed by atoms with Crippen molar-refractivity contribution in [3.63, 3.8) is 0 Å². The lowest BCUT2D eigenvalue weighted by molar-refractivity contribution is 0.553. The first-order valence-electron chi connectivity index (χ1n) is 9.36. The molecule has 7 nitrogen and oxygen atoms in total. The standard InChI is InChI=1S/C22H16ClN3O4S/c1-31(28,29)25-15-5-2-4-13(10-15)12-26-18-8-7-14(23)11-17(18)19-16-6-3-9-24-21(16)30-22(27)20(19)26/h2-11,25H,12H2,1H3. The Labute approximate surface area is 181 Å². The molecule has 5 aromatic rings. The molecule has 0 bridgehead atoms. The van der Waals surface area contributed by atoms with Crippen molar-refractivity contribution in [3.05, 3.63) is 81.8 Å². The highest BCUT2D eigenvalue weighted by Gasteiger charge is 2.19. The molecular weight excluding hydrogens is 438 g/mol. The molecule has 0 aliphatic rings. The summed E-state index contributed by atoms with van der Waals surface area (Å²) in [7, 11) is -3.40. The number of nitrogens with zero attached hydrogens (tertiary/aromatic N) is 2. The van der Waals surface area contributed by atoms with E-state index in [4.69, 9.17) is 16.0 Å². The molecule has 0 spiro atoms. The van der Waals surface area contributed by atoms with Gasteiger partial charge >= 0.3 is 5.63 Å². The fourth-order valence-corrected chi connectivity index (χ4v) is 4.63. The van der Waals surface area contributed by atoms with Gasteiger partial charge in [-0.1, -0.05) is 23.7 Å². The first kappa shape index (κ1) is 19.6. The molecule has 0 unspecified atom stereocenters. The van der Waals surface area contributed by atoms with Crippen molar-refractivity contribution in [3.8, 4) is 0 Å². The van der Waals surface area contributed by atoms with Crippen LogP contribution in [0.5, 0.6) is 0 Å². The molecule has 31 heavy (non-hydrogen) atoms. The van der Waals surface area contributed by atoms with E-state index in [1.165, 1.54) is 0 Å². The van der Waals surface area contributed by atoms with Crippen molar-refractivity contribution in [1.82, 2.24) is 9.55 Å². The Kier molecular flexibility index (Phi) is 4.49. The lowest BCUT2D eigenvalue weighted by atomic mass is 10.1. The van der Waals surface area contributed by atoms with E-state index in [1.54, 1.807) is 36.5 Å². The number of sulfonamides is 1. The quantitative estimate of drug-likeness (QED) is 0.436. The van der Waals surface area contributed by atoms with Gasteiger partial charge in [0, 0.05) is 45.1 Å². The Morgan fingerprint density at radius 3 is 2.74 bits per heavy atom. The average Bonchev–Trinajstić information content (AvgIpc) is 3.01. The van der Waals surface area contributed by atoms with E-state index < -0.39 is 15.6 Å². The van der Waals surface area contributed by atoms with E-state index in [2.05, 4.69) is 9.71 Å². The number of halogens is 1. The van der Waals surface area contributed by atoms with Crippen molar-refractivity contribution in [2.75, 3.05) is 11.0 Å². The molecule has 156 valence electrons. The van der Waals surface area contributed by atoms with Crippen molar-refractivity contribution in [2.45, 2.75) is 6.54 Å². The molecule has 0 aliphatic heterocycles. The number of anilines is 1. The number of fused-ring (bicyclic) bond motifs is 5. The third-order valence-corrected chi connectivity index (χ3v) is 5.86. The molecular formula is C22H16ClN3O4S. The summed E-state index contributed by atoms with van der Waals surface area (Å²) in [5.74, 6) is 0. The highest BCUT2D eigenvalue weighted by Crippen LogP contribution is 2.34. The molecule has 0 saturated heterocycles. The first-order valence-corrected chi connectivity index (χ1v) is 11.6. The zero-order valence-corrected chi connectivity index (χ0v) is 17.9. The monoisotopic (exact) mass is 453 g/mol. The molecule has 0 saturated carbocycles. The van der Waals surface area contributed by atoms with E-state index in [9.17, 15) is 13.2 Å².